The van der Waals surface area contributed by atoms with Gasteiger partial charge < -0.3 is 10.0 Å². The first-order valence-electron chi connectivity index (χ1n) is 6.31. The van der Waals surface area contributed by atoms with E-state index in [-0.39, 0.29) is 5.82 Å². The second-order valence-corrected chi connectivity index (χ2v) is 4.69. The molecule has 0 aliphatic carbocycles. The topological polar surface area (TPSA) is 23.5 Å². The minimum Gasteiger partial charge on any atom is -0.389 e. The van der Waals surface area contributed by atoms with E-state index in [1.165, 1.54) is 6.07 Å². The van der Waals surface area contributed by atoms with Crippen LogP contribution in [-0.4, -0.2) is 12.2 Å². The fourth-order valence-electron chi connectivity index (χ4n) is 2.21. The van der Waals surface area contributed by atoms with Crippen LogP contribution in [0.1, 0.15) is 24.2 Å². The zero-order valence-electron chi connectivity index (χ0n) is 11.2. The quantitative estimate of drug-likeness (QED) is 0.908. The third kappa shape index (κ3) is 3.12. The Hall–Kier alpha value is -1.87. The molecule has 0 saturated heterocycles. The SMILES string of the molecule is CC(O)c1c(F)cccc1N(C)Cc1ccccc1. The van der Waals surface area contributed by atoms with Crippen LogP contribution in [0.2, 0.25) is 0 Å². The number of halogens is 1. The van der Waals surface area contributed by atoms with Crippen LogP contribution in [0.15, 0.2) is 48.5 Å². The van der Waals surface area contributed by atoms with E-state index < -0.39 is 6.10 Å². The third-order valence-corrected chi connectivity index (χ3v) is 3.12. The Kier molecular flexibility index (Phi) is 4.17. The lowest BCUT2D eigenvalue weighted by molar-refractivity contribution is 0.194. The molecule has 1 atom stereocenters. The Labute approximate surface area is 113 Å². The van der Waals surface area contributed by atoms with Crippen molar-refractivity contribution >= 4 is 5.69 Å². The first-order chi connectivity index (χ1) is 9.09. The summed E-state index contributed by atoms with van der Waals surface area (Å²) < 4.78 is 13.8. The van der Waals surface area contributed by atoms with E-state index in [4.69, 9.17) is 0 Å². The summed E-state index contributed by atoms with van der Waals surface area (Å²) in [6, 6.07) is 14.8. The molecule has 0 radical (unpaired) electrons. The number of benzene rings is 2. The lowest BCUT2D eigenvalue weighted by Crippen LogP contribution is -2.19. The van der Waals surface area contributed by atoms with Gasteiger partial charge >= 0.3 is 0 Å². The molecule has 0 aliphatic heterocycles. The normalized spacial score (nSPS) is 12.2. The van der Waals surface area contributed by atoms with E-state index in [1.807, 2.05) is 48.3 Å². The van der Waals surface area contributed by atoms with Gasteiger partial charge in [0.05, 0.1) is 6.10 Å². The van der Waals surface area contributed by atoms with Gasteiger partial charge in [0.2, 0.25) is 0 Å². The van der Waals surface area contributed by atoms with Gasteiger partial charge in [-0.05, 0) is 24.6 Å². The van der Waals surface area contributed by atoms with Gasteiger partial charge in [0.15, 0.2) is 0 Å². The van der Waals surface area contributed by atoms with E-state index in [0.717, 1.165) is 11.3 Å². The highest BCUT2D eigenvalue weighted by molar-refractivity contribution is 5.55. The van der Waals surface area contributed by atoms with E-state index in [0.29, 0.717) is 12.1 Å². The predicted molar refractivity (Wildman–Crippen MR) is 75.6 cm³/mol. The van der Waals surface area contributed by atoms with Gasteiger partial charge in [-0.2, -0.15) is 0 Å². The Balaban J connectivity index is 2.29. The van der Waals surface area contributed by atoms with Gasteiger partial charge in [-0.1, -0.05) is 36.4 Å². The average molecular weight is 259 g/mol. The highest BCUT2D eigenvalue weighted by Gasteiger charge is 2.16. The summed E-state index contributed by atoms with van der Waals surface area (Å²) in [5, 5.41) is 9.73. The molecule has 0 heterocycles. The lowest BCUT2D eigenvalue weighted by Gasteiger charge is -2.24. The number of anilines is 1. The zero-order valence-corrected chi connectivity index (χ0v) is 11.2. The molecule has 0 saturated carbocycles. The standard InChI is InChI=1S/C16H18FNO/c1-12(19)16-14(17)9-6-10-15(16)18(2)11-13-7-4-3-5-8-13/h3-10,12,19H,11H2,1-2H3. The fraction of sp³-hybridized carbons (Fsp3) is 0.250. The molecule has 100 valence electrons. The minimum absolute atomic E-state index is 0.348. The van der Waals surface area contributed by atoms with Crippen LogP contribution in [-0.2, 0) is 6.54 Å². The van der Waals surface area contributed by atoms with Crippen LogP contribution < -0.4 is 4.90 Å². The molecule has 0 amide bonds. The van der Waals surface area contributed by atoms with E-state index in [2.05, 4.69) is 0 Å². The van der Waals surface area contributed by atoms with Crippen molar-refractivity contribution in [2.45, 2.75) is 19.6 Å². The van der Waals surface area contributed by atoms with Crippen molar-refractivity contribution < 1.29 is 9.50 Å². The van der Waals surface area contributed by atoms with E-state index >= 15 is 0 Å². The Morgan fingerprint density at radius 3 is 2.42 bits per heavy atom. The first-order valence-corrected chi connectivity index (χ1v) is 6.31. The van der Waals surface area contributed by atoms with Crippen LogP contribution in [0, 0.1) is 5.82 Å². The van der Waals surface area contributed by atoms with Gasteiger partial charge in [0, 0.05) is 24.8 Å². The van der Waals surface area contributed by atoms with Crippen LogP contribution >= 0.6 is 0 Å². The summed E-state index contributed by atoms with van der Waals surface area (Å²) in [4.78, 5) is 1.94. The maximum Gasteiger partial charge on any atom is 0.131 e. The van der Waals surface area contributed by atoms with E-state index in [1.54, 1.807) is 13.0 Å². The predicted octanol–water partition coefficient (Wildman–Crippen LogP) is 3.52. The second-order valence-electron chi connectivity index (χ2n) is 4.69. The van der Waals surface area contributed by atoms with Crippen molar-refractivity contribution in [3.05, 3.63) is 65.5 Å². The van der Waals surface area contributed by atoms with Crippen molar-refractivity contribution in [3.63, 3.8) is 0 Å². The van der Waals surface area contributed by atoms with Crippen molar-refractivity contribution in [2.24, 2.45) is 0 Å². The lowest BCUT2D eigenvalue weighted by atomic mass is 10.1. The second kappa shape index (κ2) is 5.85. The summed E-state index contributed by atoms with van der Waals surface area (Å²) in [5.41, 5.74) is 2.21. The maximum atomic E-state index is 13.8. The number of aliphatic hydroxyl groups excluding tert-OH is 1. The van der Waals surface area contributed by atoms with Crippen molar-refractivity contribution in [1.29, 1.82) is 0 Å². The monoisotopic (exact) mass is 259 g/mol. The number of aliphatic hydroxyl groups is 1. The van der Waals surface area contributed by atoms with Gasteiger partial charge in [0.25, 0.3) is 0 Å². The molecule has 2 rings (SSSR count). The third-order valence-electron chi connectivity index (χ3n) is 3.12. The molecule has 2 aromatic carbocycles. The van der Waals surface area contributed by atoms with Gasteiger partial charge in [-0.3, -0.25) is 0 Å². The highest BCUT2D eigenvalue weighted by atomic mass is 19.1. The summed E-state index contributed by atoms with van der Waals surface area (Å²) in [6.07, 6.45) is -0.825. The zero-order chi connectivity index (χ0) is 13.8. The van der Waals surface area contributed by atoms with Crippen LogP contribution in [0.25, 0.3) is 0 Å². The first kappa shape index (κ1) is 13.6. The van der Waals surface area contributed by atoms with Crippen molar-refractivity contribution in [3.8, 4) is 0 Å². The molecule has 0 spiro atoms. The molecule has 0 fully saturated rings. The molecule has 1 N–H and O–H groups in total. The molecule has 0 aliphatic rings. The number of nitrogens with zero attached hydrogens (tertiary/aromatic N) is 1. The molecule has 0 aromatic heterocycles. The highest BCUT2D eigenvalue weighted by Crippen LogP contribution is 2.29. The number of rotatable bonds is 4. The van der Waals surface area contributed by atoms with Gasteiger partial charge in [-0.15, -0.1) is 0 Å². The molecule has 19 heavy (non-hydrogen) atoms. The maximum absolute atomic E-state index is 13.8. The molecule has 1 unspecified atom stereocenters. The van der Waals surface area contributed by atoms with Gasteiger partial charge in [-0.25, -0.2) is 4.39 Å². The average Bonchev–Trinajstić information content (AvgIpc) is 2.39. The number of hydrogen-bond donors (Lipinski definition) is 1. The molecule has 2 nitrogen and oxygen atoms in total. The fourth-order valence-corrected chi connectivity index (χ4v) is 2.21. The number of hydrogen-bond acceptors (Lipinski definition) is 2. The van der Waals surface area contributed by atoms with Gasteiger partial charge in [0.1, 0.15) is 5.82 Å². The smallest absolute Gasteiger partial charge is 0.131 e. The van der Waals surface area contributed by atoms with E-state index in [9.17, 15) is 9.50 Å². The van der Waals surface area contributed by atoms with Crippen molar-refractivity contribution in [1.82, 2.24) is 0 Å². The Morgan fingerprint density at radius 2 is 1.79 bits per heavy atom. The largest absolute Gasteiger partial charge is 0.389 e. The summed E-state index contributed by atoms with van der Waals surface area (Å²) in [5.74, 6) is -0.368. The van der Waals surface area contributed by atoms with Crippen LogP contribution in [0.5, 0.6) is 0 Å². The molecule has 0 bridgehead atoms. The van der Waals surface area contributed by atoms with Crippen molar-refractivity contribution in [2.75, 3.05) is 11.9 Å². The summed E-state index contributed by atoms with van der Waals surface area (Å²) in [6.45, 7) is 2.25. The molecular weight excluding hydrogens is 241 g/mol. The Morgan fingerprint density at radius 1 is 1.11 bits per heavy atom. The molecule has 3 heteroatoms. The molecular formula is C16H18FNO. The van der Waals surface area contributed by atoms with Crippen LogP contribution in [0.4, 0.5) is 10.1 Å². The summed E-state index contributed by atoms with van der Waals surface area (Å²) >= 11 is 0. The Bertz CT molecular complexity index is 540. The minimum atomic E-state index is -0.825. The molecule has 2 aromatic rings. The van der Waals surface area contributed by atoms with Crippen LogP contribution in [0.3, 0.4) is 0 Å². The summed E-state index contributed by atoms with van der Waals surface area (Å²) in [7, 11) is 1.90.